The number of carbonyl (C=O) groups excluding carboxylic acids is 2. The molecule has 2 atom stereocenters. The number of hydrogen-bond acceptors (Lipinski definition) is 3. The van der Waals surface area contributed by atoms with Gasteiger partial charge in [-0.05, 0) is 38.5 Å². The first-order valence-corrected chi connectivity index (χ1v) is 9.34. The van der Waals surface area contributed by atoms with E-state index >= 15 is 0 Å². The van der Waals surface area contributed by atoms with Gasteiger partial charge in [0.15, 0.2) is 0 Å². The number of nitrogens with zero attached hydrogens (tertiary/aromatic N) is 2. The van der Waals surface area contributed by atoms with Crippen molar-refractivity contribution in [3.63, 3.8) is 0 Å². The maximum Gasteiger partial charge on any atom is 0.224 e. The summed E-state index contributed by atoms with van der Waals surface area (Å²) in [4.78, 5) is 28.4. The molecule has 1 saturated carbocycles. The van der Waals surface area contributed by atoms with E-state index in [9.17, 15) is 14.7 Å². The first kappa shape index (κ1) is 16.7. The van der Waals surface area contributed by atoms with Crippen LogP contribution in [0.2, 0.25) is 0 Å². The van der Waals surface area contributed by atoms with Gasteiger partial charge < -0.3 is 14.9 Å². The van der Waals surface area contributed by atoms with E-state index in [1.54, 1.807) is 0 Å². The predicted molar refractivity (Wildman–Crippen MR) is 87.8 cm³/mol. The van der Waals surface area contributed by atoms with Gasteiger partial charge in [-0.3, -0.25) is 9.59 Å². The Kier molecular flexibility index (Phi) is 5.24. The highest BCUT2D eigenvalue weighted by Crippen LogP contribution is 2.45. The first-order valence-electron chi connectivity index (χ1n) is 9.34. The molecule has 23 heavy (non-hydrogen) atoms. The van der Waals surface area contributed by atoms with Crippen LogP contribution in [0.1, 0.15) is 64.2 Å². The third-order valence-corrected chi connectivity index (χ3v) is 6.09. The third-order valence-electron chi connectivity index (χ3n) is 6.09. The van der Waals surface area contributed by atoms with Crippen LogP contribution in [0.25, 0.3) is 0 Å². The van der Waals surface area contributed by atoms with E-state index in [2.05, 4.69) is 0 Å². The summed E-state index contributed by atoms with van der Waals surface area (Å²) in [5, 5.41) is 10.3. The molecule has 0 unspecified atom stereocenters. The zero-order valence-corrected chi connectivity index (χ0v) is 14.1. The molecule has 3 fully saturated rings. The van der Waals surface area contributed by atoms with Crippen LogP contribution in [0.3, 0.4) is 0 Å². The standard InChI is InChI=1S/C18H30N2O3/c21-15-6-4-9-18(15)10-5-12-20(14-18)17(23)8-13-19-11-3-1-2-7-16(19)22/h15,21H,1-14H2/t15-,18-/m1/s1. The van der Waals surface area contributed by atoms with Crippen molar-refractivity contribution in [2.75, 3.05) is 26.2 Å². The maximum atomic E-state index is 12.6. The van der Waals surface area contributed by atoms with Gasteiger partial charge in [0.25, 0.3) is 0 Å². The van der Waals surface area contributed by atoms with Gasteiger partial charge in [-0.2, -0.15) is 0 Å². The molecule has 0 aromatic rings. The molecule has 2 heterocycles. The van der Waals surface area contributed by atoms with Gasteiger partial charge in [-0.25, -0.2) is 0 Å². The van der Waals surface area contributed by atoms with Crippen LogP contribution in [0.5, 0.6) is 0 Å². The van der Waals surface area contributed by atoms with Crippen LogP contribution in [0.4, 0.5) is 0 Å². The molecule has 2 amide bonds. The summed E-state index contributed by atoms with van der Waals surface area (Å²) in [6.07, 6.45) is 9.00. The quantitative estimate of drug-likeness (QED) is 0.864. The summed E-state index contributed by atoms with van der Waals surface area (Å²) in [7, 11) is 0. The van der Waals surface area contributed by atoms with Crippen molar-refractivity contribution in [2.45, 2.75) is 70.3 Å². The van der Waals surface area contributed by atoms with Gasteiger partial charge in [-0.1, -0.05) is 12.8 Å². The number of carbonyl (C=O) groups is 2. The molecule has 5 heteroatoms. The van der Waals surface area contributed by atoms with Crippen molar-refractivity contribution < 1.29 is 14.7 Å². The number of piperidine rings is 1. The van der Waals surface area contributed by atoms with E-state index in [4.69, 9.17) is 0 Å². The van der Waals surface area contributed by atoms with Gasteiger partial charge in [0.05, 0.1) is 6.10 Å². The van der Waals surface area contributed by atoms with Crippen LogP contribution < -0.4 is 0 Å². The second kappa shape index (κ2) is 7.20. The molecular formula is C18H30N2O3. The van der Waals surface area contributed by atoms with Gasteiger partial charge in [0.2, 0.25) is 11.8 Å². The lowest BCUT2D eigenvalue weighted by Crippen LogP contribution is -2.50. The molecular weight excluding hydrogens is 292 g/mol. The summed E-state index contributed by atoms with van der Waals surface area (Å²) in [6, 6.07) is 0. The first-order chi connectivity index (χ1) is 11.1. The summed E-state index contributed by atoms with van der Waals surface area (Å²) in [5.74, 6) is 0.358. The molecule has 1 N–H and O–H groups in total. The second-order valence-electron chi connectivity index (χ2n) is 7.63. The molecule has 3 aliphatic rings. The fraction of sp³-hybridized carbons (Fsp3) is 0.889. The van der Waals surface area contributed by atoms with E-state index < -0.39 is 0 Å². The van der Waals surface area contributed by atoms with Crippen LogP contribution in [0.15, 0.2) is 0 Å². The van der Waals surface area contributed by atoms with Crippen LogP contribution >= 0.6 is 0 Å². The van der Waals surface area contributed by atoms with Crippen molar-refractivity contribution in [1.29, 1.82) is 0 Å². The zero-order valence-electron chi connectivity index (χ0n) is 14.1. The molecule has 0 bridgehead atoms. The third kappa shape index (κ3) is 3.70. The Morgan fingerprint density at radius 3 is 2.74 bits per heavy atom. The van der Waals surface area contributed by atoms with Crippen LogP contribution in [-0.4, -0.2) is 59.0 Å². The number of hydrogen-bond donors (Lipinski definition) is 1. The Bertz CT molecular complexity index is 454. The Hall–Kier alpha value is -1.10. The van der Waals surface area contributed by atoms with Crippen molar-refractivity contribution >= 4 is 11.8 Å². The molecule has 3 rings (SSSR count). The zero-order chi connectivity index (χ0) is 16.3. The minimum atomic E-state index is -0.245. The molecule has 0 aromatic heterocycles. The monoisotopic (exact) mass is 322 g/mol. The summed E-state index contributed by atoms with van der Waals surface area (Å²) in [6.45, 7) is 2.88. The lowest BCUT2D eigenvalue weighted by molar-refractivity contribution is -0.138. The second-order valence-corrected chi connectivity index (χ2v) is 7.63. The van der Waals surface area contributed by atoms with E-state index in [0.29, 0.717) is 25.9 Å². The smallest absolute Gasteiger partial charge is 0.224 e. The summed E-state index contributed by atoms with van der Waals surface area (Å²) < 4.78 is 0. The SMILES string of the molecule is O=C1CCCCCN1CCC(=O)N1CCC[C@]2(CCC[C@H]2O)C1. The number of aliphatic hydroxyl groups excluding tert-OH is 1. The van der Waals surface area contributed by atoms with E-state index in [1.807, 2.05) is 9.80 Å². The normalized spacial score (nSPS) is 32.4. The highest BCUT2D eigenvalue weighted by atomic mass is 16.3. The average Bonchev–Trinajstić information content (AvgIpc) is 2.76. The molecule has 0 radical (unpaired) electrons. The molecule has 1 aliphatic carbocycles. The van der Waals surface area contributed by atoms with E-state index in [-0.39, 0.29) is 23.3 Å². The average molecular weight is 322 g/mol. The fourth-order valence-electron chi connectivity index (χ4n) is 4.63. The van der Waals surface area contributed by atoms with E-state index in [0.717, 1.165) is 64.5 Å². The topological polar surface area (TPSA) is 60.9 Å². The molecule has 130 valence electrons. The highest BCUT2D eigenvalue weighted by Gasteiger charge is 2.45. The molecule has 2 saturated heterocycles. The van der Waals surface area contributed by atoms with Crippen molar-refractivity contribution in [3.8, 4) is 0 Å². The minimum Gasteiger partial charge on any atom is -0.392 e. The lowest BCUT2D eigenvalue weighted by Gasteiger charge is -2.42. The van der Waals surface area contributed by atoms with Crippen LogP contribution in [-0.2, 0) is 9.59 Å². The molecule has 2 aliphatic heterocycles. The predicted octanol–water partition coefficient (Wildman–Crippen LogP) is 1.93. The van der Waals surface area contributed by atoms with Crippen molar-refractivity contribution in [3.05, 3.63) is 0 Å². The van der Waals surface area contributed by atoms with Gasteiger partial charge >= 0.3 is 0 Å². The summed E-state index contributed by atoms with van der Waals surface area (Å²) in [5.41, 5.74) is -0.0493. The lowest BCUT2D eigenvalue weighted by atomic mass is 9.76. The van der Waals surface area contributed by atoms with Gasteiger partial charge in [0.1, 0.15) is 0 Å². The van der Waals surface area contributed by atoms with Crippen LogP contribution in [0, 0.1) is 5.41 Å². The largest absolute Gasteiger partial charge is 0.392 e. The van der Waals surface area contributed by atoms with Crippen molar-refractivity contribution in [2.24, 2.45) is 5.41 Å². The molecule has 5 nitrogen and oxygen atoms in total. The summed E-state index contributed by atoms with van der Waals surface area (Å²) >= 11 is 0. The van der Waals surface area contributed by atoms with Crippen molar-refractivity contribution in [1.82, 2.24) is 9.80 Å². The maximum absolute atomic E-state index is 12.6. The number of amides is 2. The fourth-order valence-corrected chi connectivity index (χ4v) is 4.63. The minimum absolute atomic E-state index is 0.0493. The Morgan fingerprint density at radius 1 is 1.13 bits per heavy atom. The Morgan fingerprint density at radius 2 is 1.96 bits per heavy atom. The van der Waals surface area contributed by atoms with Gasteiger partial charge in [0, 0.05) is 44.4 Å². The van der Waals surface area contributed by atoms with E-state index in [1.165, 1.54) is 0 Å². The number of likely N-dealkylation sites (tertiary alicyclic amines) is 2. The van der Waals surface area contributed by atoms with Gasteiger partial charge in [-0.15, -0.1) is 0 Å². The highest BCUT2D eigenvalue weighted by molar-refractivity contribution is 5.79. The Balaban J connectivity index is 1.52. The molecule has 0 aromatic carbocycles. The number of rotatable bonds is 3. The molecule has 1 spiro atoms. The Labute approximate surface area is 139 Å². The number of aliphatic hydroxyl groups is 1.